The summed E-state index contributed by atoms with van der Waals surface area (Å²) in [5.41, 5.74) is 0.695. The van der Waals surface area contributed by atoms with Crippen molar-refractivity contribution in [3.8, 4) is 0 Å². The van der Waals surface area contributed by atoms with Gasteiger partial charge in [0.2, 0.25) is 0 Å². The van der Waals surface area contributed by atoms with Crippen molar-refractivity contribution in [2.24, 2.45) is 0 Å². The highest BCUT2D eigenvalue weighted by Gasteiger charge is 2.47. The maximum Gasteiger partial charge on any atom is 0.330 e. The van der Waals surface area contributed by atoms with Crippen molar-refractivity contribution < 1.29 is 20.2 Å². The highest BCUT2D eigenvalue weighted by atomic mass is 33.1. The van der Waals surface area contributed by atoms with Crippen LogP contribution in [0.3, 0.4) is 0 Å². The Morgan fingerprint density at radius 2 is 1.82 bits per heavy atom. The van der Waals surface area contributed by atoms with Crippen LogP contribution in [0.15, 0.2) is 46.1 Å². The molecule has 1 aromatic heterocycles. The van der Waals surface area contributed by atoms with Crippen molar-refractivity contribution in [2.45, 2.75) is 109 Å². The van der Waals surface area contributed by atoms with E-state index in [2.05, 4.69) is 31.8 Å². The molecule has 0 radical (unpaired) electrons. The number of alkyl halides is 1. The lowest BCUT2D eigenvalue weighted by atomic mass is 10.1. The second kappa shape index (κ2) is 13.8. The molecule has 39 heavy (non-hydrogen) atoms. The van der Waals surface area contributed by atoms with E-state index < -0.39 is 35.9 Å². The third-order valence-corrected chi connectivity index (χ3v) is 9.08. The summed E-state index contributed by atoms with van der Waals surface area (Å²) in [6, 6.07) is 8.98. The number of hydrogen-bond acceptors (Lipinski definition) is 9. The number of aromatic amines is 1. The molecule has 1 fully saturated rings. The smallest absolute Gasteiger partial charge is 0.330 e. The van der Waals surface area contributed by atoms with E-state index in [-0.39, 0.29) is 30.3 Å². The van der Waals surface area contributed by atoms with Crippen molar-refractivity contribution in [3.63, 3.8) is 0 Å². The largest absolute Gasteiger partial charge is 0.349 e. The van der Waals surface area contributed by atoms with E-state index in [0.29, 0.717) is 0 Å². The lowest BCUT2D eigenvalue weighted by Gasteiger charge is -2.39. The van der Waals surface area contributed by atoms with Crippen LogP contribution in [0.25, 0.3) is 0 Å². The maximum absolute atomic E-state index is 15.9. The van der Waals surface area contributed by atoms with E-state index in [0.717, 1.165) is 27.5 Å². The van der Waals surface area contributed by atoms with Gasteiger partial charge in [-0.15, -0.1) is 0 Å². The molecule has 2 heterocycles. The Morgan fingerprint density at radius 1 is 1.15 bits per heavy atom. The van der Waals surface area contributed by atoms with Gasteiger partial charge in [0.1, 0.15) is 6.10 Å². The highest BCUT2D eigenvalue weighted by molar-refractivity contribution is 8.76. The zero-order valence-electron chi connectivity index (χ0n) is 24.6. The van der Waals surface area contributed by atoms with Gasteiger partial charge in [-0.3, -0.25) is 24.0 Å². The SMILES string of the molecule is [2H]C[C@H]1O[C@@H](n2ccc(=O)[nH]c2=O)C(F)[C@H]1ON(OCc1ccccc1CSSC(C)(C)C)N(C(C)C)C(C)C. The van der Waals surface area contributed by atoms with Crippen molar-refractivity contribution in [2.75, 3.05) is 0 Å². The van der Waals surface area contributed by atoms with Gasteiger partial charge in [-0.1, -0.05) is 66.6 Å². The van der Waals surface area contributed by atoms with E-state index in [1.54, 1.807) is 10.8 Å². The Kier molecular flexibility index (Phi) is 10.7. The fraction of sp³-hybridized carbons (Fsp3) is 0.630. The summed E-state index contributed by atoms with van der Waals surface area (Å²) in [4.78, 5) is 38.3. The minimum atomic E-state index is -1.82. The molecule has 0 bridgehead atoms. The third-order valence-electron chi connectivity index (χ3n) is 5.82. The molecule has 1 aliphatic heterocycles. The zero-order valence-corrected chi connectivity index (χ0v) is 25.3. The van der Waals surface area contributed by atoms with Crippen molar-refractivity contribution >= 4 is 21.6 Å². The third kappa shape index (κ3) is 8.66. The predicted octanol–water partition coefficient (Wildman–Crippen LogP) is 5.24. The monoisotopic (exact) mass is 585 g/mol. The zero-order chi connectivity index (χ0) is 29.6. The van der Waals surface area contributed by atoms with Gasteiger partial charge in [-0.25, -0.2) is 9.18 Å². The number of halogens is 1. The van der Waals surface area contributed by atoms with Crippen LogP contribution in [0, 0.1) is 0 Å². The van der Waals surface area contributed by atoms with Crippen LogP contribution in [-0.2, 0) is 26.8 Å². The summed E-state index contributed by atoms with van der Waals surface area (Å²) in [7, 11) is 3.59. The number of benzene rings is 1. The van der Waals surface area contributed by atoms with Crippen LogP contribution in [0.4, 0.5) is 4.39 Å². The quantitative estimate of drug-likeness (QED) is 0.265. The standard InChI is InChI=1S/C27H41FN4O5S2/c1-17(2)31(18(3)4)32(35-15-20-11-9-10-12-21(20)16-38-39-27(6,7)8)37-24-19(5)36-25(23(24)28)30-14-13-22(33)29-26(30)34/h9-14,17-19,23-25H,15-16H2,1-8H3,(H,29,33,34)/t19-,23?,24+,25-/m1/s1/i5D. The Bertz CT molecular complexity index is 1200. The Morgan fingerprint density at radius 3 is 2.41 bits per heavy atom. The summed E-state index contributed by atoms with van der Waals surface area (Å²) >= 11 is 0. The van der Waals surface area contributed by atoms with Crippen LogP contribution < -0.4 is 11.2 Å². The first kappa shape index (κ1) is 30.3. The summed E-state index contributed by atoms with van der Waals surface area (Å²) in [6.45, 7) is 14.3. The number of H-pyrrole nitrogens is 1. The molecule has 9 nitrogen and oxygen atoms in total. The first-order valence-electron chi connectivity index (χ1n) is 13.7. The normalized spacial score (nSPS) is 22.4. The minimum Gasteiger partial charge on any atom is -0.349 e. The van der Waals surface area contributed by atoms with Gasteiger partial charge >= 0.3 is 5.69 Å². The summed E-state index contributed by atoms with van der Waals surface area (Å²) in [5.74, 6) is 0.792. The molecular weight excluding hydrogens is 543 g/mol. The van der Waals surface area contributed by atoms with Crippen molar-refractivity contribution in [1.29, 1.82) is 0 Å². The van der Waals surface area contributed by atoms with E-state index in [9.17, 15) is 9.59 Å². The molecular formula is C27H41FN4O5S2. The van der Waals surface area contributed by atoms with Crippen molar-refractivity contribution in [1.82, 2.24) is 19.9 Å². The van der Waals surface area contributed by atoms with Crippen LogP contribution in [-0.4, -0.2) is 55.1 Å². The molecule has 1 aromatic carbocycles. The summed E-state index contributed by atoms with van der Waals surface area (Å²) in [5, 5.41) is 3.05. The number of hydrazine groups is 1. The molecule has 12 heteroatoms. The summed E-state index contributed by atoms with van der Waals surface area (Å²) < 4.78 is 30.7. The average Bonchev–Trinajstić information content (AvgIpc) is 3.17. The fourth-order valence-electron chi connectivity index (χ4n) is 4.13. The Labute approximate surface area is 239 Å². The number of ether oxygens (including phenoxy) is 1. The molecule has 2 aromatic rings. The number of hydrogen-bond donors (Lipinski definition) is 1. The van der Waals surface area contributed by atoms with Gasteiger partial charge in [0, 0.05) is 41.6 Å². The second-order valence-corrected chi connectivity index (χ2v) is 14.0. The number of rotatable bonds is 12. The molecule has 1 aliphatic rings. The van der Waals surface area contributed by atoms with E-state index in [4.69, 9.17) is 15.8 Å². The van der Waals surface area contributed by atoms with Gasteiger partial charge in [0.25, 0.3) is 5.56 Å². The average molecular weight is 586 g/mol. The minimum absolute atomic E-state index is 0.0681. The van der Waals surface area contributed by atoms with Crippen molar-refractivity contribution in [3.05, 3.63) is 68.5 Å². The molecule has 4 atom stereocenters. The lowest BCUT2D eigenvalue weighted by molar-refractivity contribution is -0.493. The summed E-state index contributed by atoms with van der Waals surface area (Å²) in [6.07, 6.45) is -4.22. The molecule has 218 valence electrons. The van der Waals surface area contributed by atoms with Gasteiger partial charge in [-0.2, -0.15) is 5.01 Å². The van der Waals surface area contributed by atoms with Gasteiger partial charge in [-0.05, 0) is 45.7 Å². The predicted molar refractivity (Wildman–Crippen MR) is 154 cm³/mol. The first-order valence-corrected chi connectivity index (χ1v) is 15.3. The second-order valence-electron chi connectivity index (χ2n) is 10.9. The van der Waals surface area contributed by atoms with Gasteiger partial charge in [0.15, 0.2) is 12.4 Å². The van der Waals surface area contributed by atoms with Crippen LogP contribution in [0.1, 0.15) is 74.1 Å². The first-order chi connectivity index (χ1) is 18.8. The molecule has 3 rings (SSSR count). The van der Waals surface area contributed by atoms with Crippen LogP contribution in [0.2, 0.25) is 0 Å². The molecule has 0 amide bonds. The number of aromatic nitrogens is 2. The van der Waals surface area contributed by atoms with E-state index in [1.807, 2.05) is 61.7 Å². The molecule has 0 saturated carbocycles. The lowest BCUT2D eigenvalue weighted by Crippen LogP contribution is -2.53. The van der Waals surface area contributed by atoms with Crippen LogP contribution in [0.5, 0.6) is 0 Å². The Balaban J connectivity index is 1.83. The molecule has 0 spiro atoms. The molecule has 1 N–H and O–H groups in total. The molecule has 0 aliphatic carbocycles. The van der Waals surface area contributed by atoms with Gasteiger partial charge < -0.3 is 4.74 Å². The molecule has 1 saturated heterocycles. The Hall–Kier alpha value is -1.67. The van der Waals surface area contributed by atoms with E-state index in [1.165, 1.54) is 11.5 Å². The number of nitrogens with zero attached hydrogens (tertiary/aromatic N) is 3. The van der Waals surface area contributed by atoms with E-state index >= 15 is 4.39 Å². The maximum atomic E-state index is 15.9. The van der Waals surface area contributed by atoms with Gasteiger partial charge in [0.05, 0.1) is 12.7 Å². The molecule has 1 unspecified atom stereocenters. The topological polar surface area (TPSA) is 89.0 Å². The fourth-order valence-corrected chi connectivity index (χ4v) is 6.57. The highest BCUT2D eigenvalue weighted by Crippen LogP contribution is 2.38. The number of nitrogens with one attached hydrogen (secondary N) is 1. The van der Waals surface area contributed by atoms with Crippen LogP contribution >= 0.6 is 21.6 Å².